The number of hydrogen-bond acceptors (Lipinski definition) is 3. The van der Waals surface area contributed by atoms with Crippen molar-refractivity contribution >= 4 is 11.6 Å². The predicted molar refractivity (Wildman–Crippen MR) is 99.2 cm³/mol. The highest BCUT2D eigenvalue weighted by Crippen LogP contribution is 2.24. The van der Waals surface area contributed by atoms with E-state index in [0.717, 1.165) is 38.3 Å². The average Bonchev–Trinajstić information content (AvgIpc) is 2.64. The number of anilines is 1. The van der Waals surface area contributed by atoms with Gasteiger partial charge in [-0.2, -0.15) is 0 Å². The van der Waals surface area contributed by atoms with E-state index in [0.29, 0.717) is 12.0 Å². The first-order valence-corrected chi connectivity index (χ1v) is 9.59. The molecule has 1 N–H and O–H groups in total. The van der Waals surface area contributed by atoms with Gasteiger partial charge in [-0.05, 0) is 49.9 Å². The molecule has 1 amide bonds. The van der Waals surface area contributed by atoms with E-state index in [1.807, 2.05) is 19.1 Å². The van der Waals surface area contributed by atoms with E-state index in [4.69, 9.17) is 0 Å². The number of rotatable bonds is 4. The standard InChI is InChI=1S/C20H30FN3O/c1-15-5-3-4-6-19(15)22-20(25)16(2)23-11-13-24(14-12-23)18-9-7-17(21)8-10-18/h7-10,15-16,19H,3-6,11-14H2,1-2H3,(H,22,25)/t15-,16+,19-/m0/s1. The highest BCUT2D eigenvalue weighted by Gasteiger charge is 2.29. The number of amides is 1. The molecule has 1 saturated carbocycles. The van der Waals surface area contributed by atoms with Crippen LogP contribution in [0.3, 0.4) is 0 Å². The van der Waals surface area contributed by atoms with Crippen LogP contribution in [-0.4, -0.2) is 49.1 Å². The molecule has 0 spiro atoms. The second-order valence-electron chi connectivity index (χ2n) is 7.55. The Morgan fingerprint density at radius 1 is 1.12 bits per heavy atom. The number of halogens is 1. The Hall–Kier alpha value is -1.62. The van der Waals surface area contributed by atoms with Crippen LogP contribution < -0.4 is 10.2 Å². The highest BCUT2D eigenvalue weighted by molar-refractivity contribution is 5.81. The molecule has 3 rings (SSSR count). The topological polar surface area (TPSA) is 35.6 Å². The number of carbonyl (C=O) groups excluding carboxylic acids is 1. The lowest BCUT2D eigenvalue weighted by Gasteiger charge is -2.39. The van der Waals surface area contributed by atoms with Gasteiger partial charge in [-0.1, -0.05) is 19.8 Å². The lowest BCUT2D eigenvalue weighted by Crippen LogP contribution is -2.55. The molecular weight excluding hydrogens is 317 g/mol. The first-order valence-electron chi connectivity index (χ1n) is 9.59. The summed E-state index contributed by atoms with van der Waals surface area (Å²) in [4.78, 5) is 17.1. The molecule has 1 heterocycles. The highest BCUT2D eigenvalue weighted by atomic mass is 19.1. The third kappa shape index (κ3) is 4.51. The zero-order valence-corrected chi connectivity index (χ0v) is 15.4. The normalized spacial score (nSPS) is 26.3. The van der Waals surface area contributed by atoms with E-state index < -0.39 is 0 Å². The van der Waals surface area contributed by atoms with Gasteiger partial charge in [-0.15, -0.1) is 0 Å². The maximum Gasteiger partial charge on any atom is 0.237 e. The maximum absolute atomic E-state index is 13.1. The van der Waals surface area contributed by atoms with Crippen molar-refractivity contribution < 1.29 is 9.18 Å². The number of hydrogen-bond donors (Lipinski definition) is 1. The van der Waals surface area contributed by atoms with Crippen LogP contribution in [0.15, 0.2) is 24.3 Å². The minimum Gasteiger partial charge on any atom is -0.369 e. The van der Waals surface area contributed by atoms with E-state index in [1.165, 1.54) is 31.4 Å². The molecule has 0 aromatic heterocycles. The van der Waals surface area contributed by atoms with Crippen LogP contribution in [0.4, 0.5) is 10.1 Å². The molecule has 25 heavy (non-hydrogen) atoms. The van der Waals surface area contributed by atoms with Crippen molar-refractivity contribution in [3.05, 3.63) is 30.1 Å². The molecule has 1 aliphatic heterocycles. The fourth-order valence-electron chi connectivity index (χ4n) is 4.02. The average molecular weight is 347 g/mol. The number of benzene rings is 1. The molecule has 1 aromatic rings. The first kappa shape index (κ1) is 18.2. The Labute approximate surface area is 150 Å². The van der Waals surface area contributed by atoms with Crippen molar-refractivity contribution in [2.75, 3.05) is 31.1 Å². The molecule has 4 nitrogen and oxygen atoms in total. The van der Waals surface area contributed by atoms with E-state index in [-0.39, 0.29) is 17.8 Å². The van der Waals surface area contributed by atoms with Gasteiger partial charge in [0.05, 0.1) is 6.04 Å². The summed E-state index contributed by atoms with van der Waals surface area (Å²) in [5, 5.41) is 3.28. The first-order chi connectivity index (χ1) is 12.0. The van der Waals surface area contributed by atoms with Crippen LogP contribution >= 0.6 is 0 Å². The fraction of sp³-hybridized carbons (Fsp3) is 0.650. The molecule has 0 unspecified atom stereocenters. The van der Waals surface area contributed by atoms with Crippen LogP contribution in [0, 0.1) is 11.7 Å². The van der Waals surface area contributed by atoms with Gasteiger partial charge in [-0.3, -0.25) is 9.69 Å². The van der Waals surface area contributed by atoms with Crippen LogP contribution in [0.1, 0.15) is 39.5 Å². The van der Waals surface area contributed by atoms with E-state index in [1.54, 1.807) is 0 Å². The summed E-state index contributed by atoms with van der Waals surface area (Å²) in [7, 11) is 0. The van der Waals surface area contributed by atoms with Crippen LogP contribution in [-0.2, 0) is 4.79 Å². The number of nitrogens with zero attached hydrogens (tertiary/aromatic N) is 2. The molecule has 0 bridgehead atoms. The van der Waals surface area contributed by atoms with Crippen molar-refractivity contribution in [1.29, 1.82) is 0 Å². The Balaban J connectivity index is 1.49. The molecule has 2 aliphatic rings. The van der Waals surface area contributed by atoms with Gasteiger partial charge >= 0.3 is 0 Å². The summed E-state index contributed by atoms with van der Waals surface area (Å²) in [6, 6.07) is 6.90. The molecular formula is C20H30FN3O. The maximum atomic E-state index is 13.1. The lowest BCUT2D eigenvalue weighted by atomic mass is 9.86. The zero-order valence-electron chi connectivity index (χ0n) is 15.4. The molecule has 1 aliphatic carbocycles. The van der Waals surface area contributed by atoms with Gasteiger partial charge in [0.1, 0.15) is 5.82 Å². The van der Waals surface area contributed by atoms with Gasteiger partial charge in [-0.25, -0.2) is 4.39 Å². The molecule has 1 aromatic carbocycles. The van der Waals surface area contributed by atoms with Crippen LogP contribution in [0.25, 0.3) is 0 Å². The molecule has 5 heteroatoms. The molecule has 138 valence electrons. The van der Waals surface area contributed by atoms with E-state index in [2.05, 4.69) is 22.0 Å². The molecule has 3 atom stereocenters. The Morgan fingerprint density at radius 3 is 2.40 bits per heavy atom. The van der Waals surface area contributed by atoms with Gasteiger partial charge in [0.2, 0.25) is 5.91 Å². The number of piperazine rings is 1. The summed E-state index contributed by atoms with van der Waals surface area (Å²) in [6.45, 7) is 7.69. The predicted octanol–water partition coefficient (Wildman–Crippen LogP) is 3.03. The van der Waals surface area contributed by atoms with E-state index >= 15 is 0 Å². The second kappa shape index (κ2) is 8.17. The van der Waals surface area contributed by atoms with Crippen molar-refractivity contribution in [3.63, 3.8) is 0 Å². The number of carbonyl (C=O) groups is 1. The van der Waals surface area contributed by atoms with Crippen LogP contribution in [0.5, 0.6) is 0 Å². The van der Waals surface area contributed by atoms with Crippen molar-refractivity contribution in [3.8, 4) is 0 Å². The summed E-state index contributed by atoms with van der Waals surface area (Å²) >= 11 is 0. The van der Waals surface area contributed by atoms with E-state index in [9.17, 15) is 9.18 Å². The SMILES string of the molecule is C[C@H](C(=O)N[C@H]1CCCC[C@@H]1C)N1CCN(c2ccc(F)cc2)CC1. The van der Waals surface area contributed by atoms with Gasteiger partial charge in [0.15, 0.2) is 0 Å². The second-order valence-corrected chi connectivity index (χ2v) is 7.55. The Morgan fingerprint density at radius 2 is 1.76 bits per heavy atom. The summed E-state index contributed by atoms with van der Waals surface area (Å²) in [5.41, 5.74) is 1.05. The smallest absolute Gasteiger partial charge is 0.237 e. The monoisotopic (exact) mass is 347 g/mol. The van der Waals surface area contributed by atoms with Crippen molar-refractivity contribution in [2.24, 2.45) is 5.92 Å². The molecule has 1 saturated heterocycles. The fourth-order valence-corrected chi connectivity index (χ4v) is 4.02. The zero-order chi connectivity index (χ0) is 17.8. The summed E-state index contributed by atoms with van der Waals surface area (Å²) < 4.78 is 13.1. The molecule has 2 fully saturated rings. The minimum absolute atomic E-state index is 0.0931. The van der Waals surface area contributed by atoms with Gasteiger partial charge in [0, 0.05) is 37.9 Å². The largest absolute Gasteiger partial charge is 0.369 e. The van der Waals surface area contributed by atoms with Gasteiger partial charge in [0.25, 0.3) is 0 Å². The lowest BCUT2D eigenvalue weighted by molar-refractivity contribution is -0.127. The minimum atomic E-state index is -0.204. The third-order valence-electron chi connectivity index (χ3n) is 5.87. The third-order valence-corrected chi connectivity index (χ3v) is 5.87. The quantitative estimate of drug-likeness (QED) is 0.909. The Kier molecular flexibility index (Phi) is 5.94. The van der Waals surface area contributed by atoms with Crippen molar-refractivity contribution in [1.82, 2.24) is 10.2 Å². The number of nitrogens with one attached hydrogen (secondary N) is 1. The van der Waals surface area contributed by atoms with Crippen molar-refractivity contribution in [2.45, 2.75) is 51.6 Å². The Bertz CT molecular complexity index is 569. The van der Waals surface area contributed by atoms with Gasteiger partial charge < -0.3 is 10.2 Å². The summed E-state index contributed by atoms with van der Waals surface area (Å²) in [5.74, 6) is 0.541. The summed E-state index contributed by atoms with van der Waals surface area (Å²) in [6.07, 6.45) is 4.84. The van der Waals surface area contributed by atoms with Crippen LogP contribution in [0.2, 0.25) is 0 Å². The molecule has 0 radical (unpaired) electrons.